The van der Waals surface area contributed by atoms with Gasteiger partial charge in [-0.05, 0) is 6.42 Å². The maximum Gasteiger partial charge on any atom is 0.407 e. The van der Waals surface area contributed by atoms with Gasteiger partial charge in [0.05, 0.1) is 49.3 Å². The minimum atomic E-state index is -3.92. The third-order valence-electron chi connectivity index (χ3n) is 6.76. The van der Waals surface area contributed by atoms with Gasteiger partial charge >= 0.3 is 6.09 Å². The number of unbranched alkanes of at least 4 members (excludes halogenated alkanes) is 15. The van der Waals surface area contributed by atoms with E-state index in [9.17, 15) is 13.2 Å². The predicted molar refractivity (Wildman–Crippen MR) is 171 cm³/mol. The monoisotopic (exact) mass is 644 g/mol. The molecule has 1 atom stereocenters. The molecule has 1 N–H and O–H groups in total. The highest BCUT2D eigenvalue weighted by Gasteiger charge is 2.21. The summed E-state index contributed by atoms with van der Waals surface area (Å²) in [7, 11) is 0.392. The summed E-state index contributed by atoms with van der Waals surface area (Å²) in [6.07, 6.45) is 21.1. The van der Waals surface area contributed by atoms with Crippen molar-refractivity contribution in [2.24, 2.45) is 0 Å². The molecule has 0 spiro atoms. The largest absolute Gasteiger partial charge is 0.748 e. The first-order valence-electron chi connectivity index (χ1n) is 15.9. The molecule has 0 aromatic rings. The second-order valence-electron chi connectivity index (χ2n) is 12.4. The lowest BCUT2D eigenvalue weighted by Crippen LogP contribution is -2.37. The Labute approximate surface area is 258 Å². The van der Waals surface area contributed by atoms with E-state index in [1.54, 1.807) is 0 Å². The van der Waals surface area contributed by atoms with E-state index in [-0.39, 0.29) is 18.1 Å². The number of sulfone groups is 1. The molecule has 0 fully saturated rings. The van der Waals surface area contributed by atoms with Gasteiger partial charge in [-0.3, -0.25) is 0 Å². The lowest BCUT2D eigenvalue weighted by molar-refractivity contribution is -0.870. The van der Waals surface area contributed by atoms with E-state index < -0.39 is 32.2 Å². The highest BCUT2D eigenvalue weighted by Crippen LogP contribution is 2.13. The zero-order valence-electron chi connectivity index (χ0n) is 27.7. The average molecular weight is 645 g/mol. The Kier molecular flexibility index (Phi) is 27.2. The topological polar surface area (TPSA) is 139 Å². The predicted octanol–water partition coefficient (Wildman–Crippen LogP) is 5.66. The molecular weight excluding hydrogens is 580 g/mol. The lowest BCUT2D eigenvalue weighted by atomic mass is 10.0. The fraction of sp³-hybridized carbons (Fsp3) is 0.967. The van der Waals surface area contributed by atoms with E-state index in [0.29, 0.717) is 19.2 Å². The Morgan fingerprint density at radius 2 is 1.17 bits per heavy atom. The van der Waals surface area contributed by atoms with Crippen molar-refractivity contribution >= 4 is 26.0 Å². The lowest BCUT2D eigenvalue weighted by Gasteiger charge is -2.23. The van der Waals surface area contributed by atoms with Crippen molar-refractivity contribution in [3.8, 4) is 0 Å². The van der Waals surface area contributed by atoms with Crippen LogP contribution in [0, 0.1) is 0 Å². The van der Waals surface area contributed by atoms with E-state index in [2.05, 4.69) is 12.2 Å². The standard InChI is InChI=1S/C29H60N2O5S.CH4O3S/c1-6-7-8-9-10-11-12-13-14-15-16-17-18-19-20-21-23-30-29(32)36-26-28(35-5)27-37(33,34)25-22-24-31(2,3)4;1-5(2,3)4/h28H,6-27H2,1-5H3;1H3,(H,2,3,4). The molecule has 0 saturated carbocycles. The molecule has 0 aliphatic carbocycles. The molecule has 10 nitrogen and oxygen atoms in total. The zero-order valence-corrected chi connectivity index (χ0v) is 29.3. The van der Waals surface area contributed by atoms with Crippen LogP contribution in [0.3, 0.4) is 0 Å². The van der Waals surface area contributed by atoms with Crippen molar-refractivity contribution in [1.29, 1.82) is 0 Å². The van der Waals surface area contributed by atoms with Crippen LogP contribution >= 0.6 is 0 Å². The number of methoxy groups -OCH3 is 1. The second-order valence-corrected chi connectivity index (χ2v) is 16.0. The Morgan fingerprint density at radius 3 is 1.55 bits per heavy atom. The van der Waals surface area contributed by atoms with Crippen LogP contribution in [0.15, 0.2) is 0 Å². The van der Waals surface area contributed by atoms with Crippen LogP contribution in [-0.4, -0.2) is 104 Å². The third-order valence-corrected chi connectivity index (χ3v) is 8.55. The molecule has 0 rings (SSSR count). The number of rotatable bonds is 26. The highest BCUT2D eigenvalue weighted by atomic mass is 32.2. The number of nitrogens with one attached hydrogen (secondary N) is 1. The van der Waals surface area contributed by atoms with Crippen molar-refractivity contribution in [1.82, 2.24) is 5.32 Å². The summed E-state index contributed by atoms with van der Waals surface area (Å²) in [5.74, 6) is -0.0130. The molecule has 0 bridgehead atoms. The number of ether oxygens (including phenoxy) is 2. The molecule has 0 radical (unpaired) electrons. The molecule has 0 heterocycles. The van der Waals surface area contributed by atoms with Gasteiger partial charge in [-0.25, -0.2) is 21.6 Å². The van der Waals surface area contributed by atoms with Crippen LogP contribution in [0.4, 0.5) is 4.79 Å². The molecule has 1 unspecified atom stereocenters. The van der Waals surface area contributed by atoms with E-state index >= 15 is 0 Å². The quantitative estimate of drug-likeness (QED) is 0.0723. The molecule has 0 aliphatic rings. The Morgan fingerprint density at radius 1 is 0.762 bits per heavy atom. The Bertz CT molecular complexity index is 836. The molecule has 42 heavy (non-hydrogen) atoms. The van der Waals surface area contributed by atoms with Gasteiger partial charge in [-0.1, -0.05) is 103 Å². The van der Waals surface area contributed by atoms with Crippen LogP contribution < -0.4 is 5.32 Å². The molecule has 254 valence electrons. The fourth-order valence-corrected chi connectivity index (χ4v) is 5.93. The molecule has 1 amide bonds. The zero-order chi connectivity index (χ0) is 32.3. The van der Waals surface area contributed by atoms with Gasteiger partial charge in [0, 0.05) is 26.3 Å². The van der Waals surface area contributed by atoms with Crippen LogP contribution in [-0.2, 0) is 29.4 Å². The van der Waals surface area contributed by atoms with Gasteiger partial charge in [0.25, 0.3) is 0 Å². The van der Waals surface area contributed by atoms with Crippen molar-refractivity contribution in [2.75, 3.05) is 65.7 Å². The van der Waals surface area contributed by atoms with Gasteiger partial charge in [-0.2, -0.15) is 0 Å². The maximum atomic E-state index is 12.3. The third kappa shape index (κ3) is 39.0. The number of amides is 1. The maximum absolute atomic E-state index is 12.3. The van der Waals surface area contributed by atoms with Gasteiger partial charge in [-0.15, -0.1) is 0 Å². The highest BCUT2D eigenvalue weighted by molar-refractivity contribution is 7.91. The van der Waals surface area contributed by atoms with Crippen LogP contribution in [0.2, 0.25) is 0 Å². The minimum absolute atomic E-state index is 0.0597. The molecule has 0 aromatic heterocycles. The van der Waals surface area contributed by atoms with Gasteiger partial charge in [0.15, 0.2) is 9.84 Å². The molecule has 0 aliphatic heterocycles. The summed E-state index contributed by atoms with van der Waals surface area (Å²) in [5, 5.41) is 2.76. The first-order chi connectivity index (χ1) is 19.6. The normalized spacial score (nSPS) is 12.8. The van der Waals surface area contributed by atoms with Crippen LogP contribution in [0.25, 0.3) is 0 Å². The number of carbonyl (C=O) groups is 1. The summed E-state index contributed by atoms with van der Waals surface area (Å²) >= 11 is 0. The van der Waals surface area contributed by atoms with E-state index in [1.165, 1.54) is 97.0 Å². The summed E-state index contributed by atoms with van der Waals surface area (Å²) in [4.78, 5) is 11.9. The average Bonchev–Trinajstić information content (AvgIpc) is 2.86. The van der Waals surface area contributed by atoms with Crippen LogP contribution in [0.5, 0.6) is 0 Å². The van der Waals surface area contributed by atoms with Crippen molar-refractivity contribution in [3.63, 3.8) is 0 Å². The fourth-order valence-electron chi connectivity index (χ4n) is 4.39. The SMILES string of the molecule is CCCCCCCCCCCCCCCCCCNC(=O)OCC(CS(=O)(=O)CCC[N+](C)(C)C)OC.CS(=O)(=O)[O-]. The number of nitrogens with zero attached hydrogens (tertiary/aromatic N) is 1. The molecular formula is C30H64N2O8S2. The summed E-state index contributed by atoms with van der Waals surface area (Å²) in [6.45, 7) is 3.58. The van der Waals surface area contributed by atoms with E-state index in [4.69, 9.17) is 22.4 Å². The van der Waals surface area contributed by atoms with Crippen molar-refractivity contribution in [3.05, 3.63) is 0 Å². The Balaban J connectivity index is 0. The summed E-state index contributed by atoms with van der Waals surface area (Å²) in [5.41, 5.74) is 0. The number of quaternary nitrogens is 1. The number of carbonyl (C=O) groups excluding carboxylic acids is 1. The number of hydrogen-bond acceptors (Lipinski definition) is 8. The Hall–Kier alpha value is -0.950. The first kappa shape index (κ1) is 43.2. The van der Waals surface area contributed by atoms with E-state index in [0.717, 1.165) is 23.9 Å². The minimum Gasteiger partial charge on any atom is -0.748 e. The van der Waals surface area contributed by atoms with E-state index in [1.807, 2.05) is 21.1 Å². The molecule has 12 heteroatoms. The van der Waals surface area contributed by atoms with Gasteiger partial charge in [0.2, 0.25) is 0 Å². The summed E-state index contributed by atoms with van der Waals surface area (Å²) < 4.78 is 63.0. The number of alkyl carbamates (subject to hydrolysis) is 1. The smallest absolute Gasteiger partial charge is 0.407 e. The molecule has 0 saturated heterocycles. The van der Waals surface area contributed by atoms with Gasteiger partial charge < -0.3 is 23.8 Å². The first-order valence-corrected chi connectivity index (χ1v) is 19.6. The molecule has 0 aromatic carbocycles. The van der Waals surface area contributed by atoms with Crippen molar-refractivity contribution in [2.45, 2.75) is 122 Å². The van der Waals surface area contributed by atoms with Crippen molar-refractivity contribution < 1.29 is 40.1 Å². The number of hydrogen-bond donors (Lipinski definition) is 1. The summed E-state index contributed by atoms with van der Waals surface area (Å²) in [6, 6.07) is 0. The second kappa shape index (κ2) is 26.5. The van der Waals surface area contributed by atoms with Crippen LogP contribution in [0.1, 0.15) is 116 Å². The van der Waals surface area contributed by atoms with Gasteiger partial charge in [0.1, 0.15) is 12.7 Å².